The highest BCUT2D eigenvalue weighted by Gasteiger charge is 2.08. The van der Waals surface area contributed by atoms with Crippen LogP contribution in [0.25, 0.3) is 11.3 Å². The van der Waals surface area contributed by atoms with E-state index in [0.717, 1.165) is 12.1 Å². The van der Waals surface area contributed by atoms with Gasteiger partial charge in [-0.3, -0.25) is 0 Å². The van der Waals surface area contributed by atoms with Gasteiger partial charge in [-0.2, -0.15) is 0 Å². The fraction of sp³-hybridized carbons (Fsp3) is 0.308. The largest absolute Gasteiger partial charge is 0.345 e. The van der Waals surface area contributed by atoms with Gasteiger partial charge in [-0.1, -0.05) is 24.3 Å². The Balaban J connectivity index is 2.31. The summed E-state index contributed by atoms with van der Waals surface area (Å²) in [5, 5.41) is 3.26. The molecule has 1 aromatic carbocycles. The van der Waals surface area contributed by atoms with Crippen molar-refractivity contribution >= 4 is 0 Å². The number of benzene rings is 1. The van der Waals surface area contributed by atoms with E-state index in [1.54, 1.807) is 6.33 Å². The lowest BCUT2D eigenvalue weighted by molar-refractivity contribution is 0.609. The number of rotatable bonds is 4. The van der Waals surface area contributed by atoms with E-state index in [9.17, 15) is 0 Å². The topological polar surface area (TPSA) is 40.7 Å². The smallest absolute Gasteiger partial charge is 0.0924 e. The zero-order valence-corrected chi connectivity index (χ0v) is 9.70. The van der Waals surface area contributed by atoms with E-state index < -0.39 is 0 Å². The molecule has 84 valence electrons. The minimum absolute atomic E-state index is 0.476. The van der Waals surface area contributed by atoms with E-state index in [1.807, 2.05) is 13.2 Å². The van der Waals surface area contributed by atoms with Gasteiger partial charge in [-0.15, -0.1) is 0 Å². The van der Waals surface area contributed by atoms with Crippen molar-refractivity contribution in [3.63, 3.8) is 0 Å². The van der Waals surface area contributed by atoms with Crippen LogP contribution in [-0.4, -0.2) is 23.1 Å². The lowest BCUT2D eigenvalue weighted by atomic mass is 9.99. The highest BCUT2D eigenvalue weighted by molar-refractivity contribution is 5.62. The molecule has 3 nitrogen and oxygen atoms in total. The van der Waals surface area contributed by atoms with Crippen LogP contribution in [0, 0.1) is 0 Å². The van der Waals surface area contributed by atoms with Crippen molar-refractivity contribution in [2.24, 2.45) is 0 Å². The Morgan fingerprint density at radius 2 is 2.19 bits per heavy atom. The quantitative estimate of drug-likeness (QED) is 0.821. The summed E-state index contributed by atoms with van der Waals surface area (Å²) in [5.41, 5.74) is 3.66. The Morgan fingerprint density at radius 1 is 1.38 bits per heavy atom. The molecule has 0 bridgehead atoms. The lowest BCUT2D eigenvalue weighted by Crippen LogP contribution is -2.23. The summed E-state index contributed by atoms with van der Waals surface area (Å²) >= 11 is 0. The number of imidazole rings is 1. The van der Waals surface area contributed by atoms with Crippen LogP contribution in [0.2, 0.25) is 0 Å². The van der Waals surface area contributed by atoms with Gasteiger partial charge in [-0.05, 0) is 26.0 Å². The predicted octanol–water partition coefficient (Wildman–Crippen LogP) is 2.23. The molecule has 2 N–H and O–H groups in total. The van der Waals surface area contributed by atoms with E-state index in [4.69, 9.17) is 0 Å². The van der Waals surface area contributed by atoms with Crippen LogP contribution < -0.4 is 5.32 Å². The molecule has 0 fully saturated rings. The molecule has 0 spiro atoms. The summed E-state index contributed by atoms with van der Waals surface area (Å²) in [7, 11) is 1.99. The summed E-state index contributed by atoms with van der Waals surface area (Å²) in [5.74, 6) is 0. The van der Waals surface area contributed by atoms with E-state index in [1.165, 1.54) is 11.1 Å². The molecule has 2 rings (SSSR count). The number of nitrogens with one attached hydrogen (secondary N) is 2. The highest BCUT2D eigenvalue weighted by atomic mass is 14.9. The molecule has 1 heterocycles. The van der Waals surface area contributed by atoms with Crippen molar-refractivity contribution in [1.82, 2.24) is 15.3 Å². The molecule has 3 heteroatoms. The summed E-state index contributed by atoms with van der Waals surface area (Å²) in [6, 6.07) is 8.92. The Hall–Kier alpha value is -1.61. The average molecular weight is 215 g/mol. The van der Waals surface area contributed by atoms with Crippen LogP contribution in [0.3, 0.4) is 0 Å². The Kier molecular flexibility index (Phi) is 3.37. The van der Waals surface area contributed by atoms with Crippen molar-refractivity contribution < 1.29 is 0 Å². The minimum Gasteiger partial charge on any atom is -0.345 e. The standard InChI is InChI=1S/C13H17N3/c1-10(14-2)7-11-5-3-4-6-12(11)13-8-15-9-16-13/h3-6,8-10,14H,7H2,1-2H3,(H,15,16). The lowest BCUT2D eigenvalue weighted by Gasteiger charge is -2.13. The van der Waals surface area contributed by atoms with Crippen molar-refractivity contribution in [2.45, 2.75) is 19.4 Å². The first-order valence-corrected chi connectivity index (χ1v) is 5.55. The number of hydrogen-bond acceptors (Lipinski definition) is 2. The zero-order chi connectivity index (χ0) is 11.4. The highest BCUT2D eigenvalue weighted by Crippen LogP contribution is 2.22. The van der Waals surface area contributed by atoms with E-state index in [0.29, 0.717) is 6.04 Å². The first-order chi connectivity index (χ1) is 7.81. The zero-order valence-electron chi connectivity index (χ0n) is 9.70. The average Bonchev–Trinajstić information content (AvgIpc) is 2.83. The van der Waals surface area contributed by atoms with Gasteiger partial charge >= 0.3 is 0 Å². The normalized spacial score (nSPS) is 12.6. The van der Waals surface area contributed by atoms with Gasteiger partial charge in [0.2, 0.25) is 0 Å². The van der Waals surface area contributed by atoms with Crippen LogP contribution in [0.15, 0.2) is 36.8 Å². The van der Waals surface area contributed by atoms with Crippen molar-refractivity contribution in [1.29, 1.82) is 0 Å². The molecule has 2 aromatic rings. The number of nitrogens with zero attached hydrogens (tertiary/aromatic N) is 1. The third-order valence-electron chi connectivity index (χ3n) is 2.82. The molecular formula is C13H17N3. The van der Waals surface area contributed by atoms with Crippen LogP contribution in [0.5, 0.6) is 0 Å². The number of hydrogen-bond donors (Lipinski definition) is 2. The molecular weight excluding hydrogens is 198 g/mol. The molecule has 1 unspecified atom stereocenters. The first kappa shape index (κ1) is 10.9. The summed E-state index contributed by atoms with van der Waals surface area (Å²) in [4.78, 5) is 7.22. The molecule has 1 atom stereocenters. The number of likely N-dealkylation sites (N-methyl/N-ethyl adjacent to an activating group) is 1. The third kappa shape index (κ3) is 2.31. The molecule has 1 aromatic heterocycles. The minimum atomic E-state index is 0.476. The third-order valence-corrected chi connectivity index (χ3v) is 2.82. The van der Waals surface area contributed by atoms with Gasteiger partial charge in [0.05, 0.1) is 18.2 Å². The molecule has 0 aliphatic rings. The van der Waals surface area contributed by atoms with Gasteiger partial charge in [0.25, 0.3) is 0 Å². The maximum Gasteiger partial charge on any atom is 0.0924 e. The van der Waals surface area contributed by atoms with E-state index in [2.05, 4.69) is 46.5 Å². The molecule has 0 saturated carbocycles. The van der Waals surface area contributed by atoms with Crippen LogP contribution in [0.4, 0.5) is 0 Å². The second-order valence-electron chi connectivity index (χ2n) is 4.02. The number of aromatic amines is 1. The summed E-state index contributed by atoms with van der Waals surface area (Å²) in [6.45, 7) is 2.18. The fourth-order valence-electron chi connectivity index (χ4n) is 1.80. The van der Waals surface area contributed by atoms with Crippen molar-refractivity contribution in [2.75, 3.05) is 7.05 Å². The SMILES string of the molecule is CNC(C)Cc1ccccc1-c1cnc[nH]1. The van der Waals surface area contributed by atoms with Gasteiger partial charge in [0.15, 0.2) is 0 Å². The summed E-state index contributed by atoms with van der Waals surface area (Å²) < 4.78 is 0. The van der Waals surface area contributed by atoms with Gasteiger partial charge in [-0.25, -0.2) is 4.98 Å². The Bertz CT molecular complexity index is 434. The van der Waals surface area contributed by atoms with Gasteiger partial charge < -0.3 is 10.3 Å². The van der Waals surface area contributed by atoms with Crippen LogP contribution in [-0.2, 0) is 6.42 Å². The van der Waals surface area contributed by atoms with E-state index in [-0.39, 0.29) is 0 Å². The van der Waals surface area contributed by atoms with E-state index >= 15 is 0 Å². The second-order valence-corrected chi connectivity index (χ2v) is 4.02. The van der Waals surface area contributed by atoms with Crippen molar-refractivity contribution in [3.05, 3.63) is 42.4 Å². The number of H-pyrrole nitrogens is 1. The van der Waals surface area contributed by atoms with Crippen molar-refractivity contribution in [3.8, 4) is 11.3 Å². The summed E-state index contributed by atoms with van der Waals surface area (Å²) in [6.07, 6.45) is 4.60. The predicted molar refractivity (Wildman–Crippen MR) is 66.2 cm³/mol. The molecule has 0 aliphatic heterocycles. The maximum atomic E-state index is 4.07. The Labute approximate surface area is 95.9 Å². The van der Waals surface area contributed by atoms with Gasteiger partial charge in [0.1, 0.15) is 0 Å². The number of aromatic nitrogens is 2. The molecule has 0 radical (unpaired) electrons. The first-order valence-electron chi connectivity index (χ1n) is 5.55. The maximum absolute atomic E-state index is 4.07. The monoisotopic (exact) mass is 215 g/mol. The van der Waals surface area contributed by atoms with Gasteiger partial charge in [0, 0.05) is 11.6 Å². The Morgan fingerprint density at radius 3 is 2.88 bits per heavy atom. The molecule has 0 aliphatic carbocycles. The molecule has 16 heavy (non-hydrogen) atoms. The second kappa shape index (κ2) is 4.94. The molecule has 0 saturated heterocycles. The van der Waals surface area contributed by atoms with Crippen LogP contribution >= 0.6 is 0 Å². The van der Waals surface area contributed by atoms with Crippen LogP contribution in [0.1, 0.15) is 12.5 Å². The molecule has 0 amide bonds. The fourth-order valence-corrected chi connectivity index (χ4v) is 1.80.